The van der Waals surface area contributed by atoms with Gasteiger partial charge in [-0.2, -0.15) is 5.26 Å². The molecule has 0 radical (unpaired) electrons. The third-order valence-electron chi connectivity index (χ3n) is 3.54. The van der Waals surface area contributed by atoms with Crippen molar-refractivity contribution in [1.29, 1.82) is 5.26 Å². The minimum atomic E-state index is -0.645. The van der Waals surface area contributed by atoms with Gasteiger partial charge in [0.15, 0.2) is 0 Å². The molecule has 4 nitrogen and oxygen atoms in total. The van der Waals surface area contributed by atoms with Crippen LogP contribution < -0.4 is 5.32 Å². The number of nitrogens with one attached hydrogen (secondary N) is 1. The Balaban J connectivity index is 2.23. The van der Waals surface area contributed by atoms with Crippen molar-refractivity contribution in [3.8, 4) is 6.07 Å². The van der Waals surface area contributed by atoms with Gasteiger partial charge in [0.05, 0.1) is 6.07 Å². The first-order valence-electron chi connectivity index (χ1n) is 6.31. The van der Waals surface area contributed by atoms with Crippen LogP contribution in [0.2, 0.25) is 0 Å². The van der Waals surface area contributed by atoms with E-state index in [-0.39, 0.29) is 0 Å². The first-order chi connectivity index (χ1) is 9.35. The highest BCUT2D eigenvalue weighted by Crippen LogP contribution is 2.44. The molecule has 1 aliphatic carbocycles. The number of carbonyl (C=O) groups excluding carboxylic acids is 1. The number of benzene rings is 1. The number of hydrogen-bond acceptors (Lipinski definition) is 3. The summed E-state index contributed by atoms with van der Waals surface area (Å²) in [5.74, 6) is 0.584. The highest BCUT2D eigenvalue weighted by molar-refractivity contribution is 5.89. The van der Waals surface area contributed by atoms with Gasteiger partial charge in [0, 0.05) is 23.3 Å². The van der Waals surface area contributed by atoms with E-state index in [1.807, 2.05) is 12.1 Å². The number of rotatable bonds is 4. The third-order valence-corrected chi connectivity index (χ3v) is 3.54. The average Bonchev–Trinajstić information content (AvgIpc) is 3.28. The number of pyridine rings is 1. The molecule has 1 atom stereocenters. The molecule has 1 amide bonds. The number of hydrogen-bond donors (Lipinski definition) is 1. The lowest BCUT2D eigenvalue weighted by Crippen LogP contribution is -2.18. The van der Waals surface area contributed by atoms with Crippen LogP contribution in [0.4, 0.5) is 0 Å². The maximum Gasteiger partial charge on any atom is 0.208 e. The Morgan fingerprint density at radius 3 is 2.95 bits per heavy atom. The van der Waals surface area contributed by atoms with Crippen LogP contribution >= 0.6 is 0 Å². The van der Waals surface area contributed by atoms with E-state index in [1.165, 1.54) is 18.4 Å². The highest BCUT2D eigenvalue weighted by Gasteiger charge is 2.27. The fraction of sp³-hybridized carbons (Fsp3) is 0.267. The van der Waals surface area contributed by atoms with Gasteiger partial charge in [0.2, 0.25) is 6.41 Å². The topological polar surface area (TPSA) is 65.8 Å². The quantitative estimate of drug-likeness (QED) is 0.849. The summed E-state index contributed by atoms with van der Waals surface area (Å²) in [5.41, 5.74) is 2.05. The molecule has 0 aliphatic heterocycles. The van der Waals surface area contributed by atoms with Gasteiger partial charge in [-0.3, -0.25) is 9.78 Å². The lowest BCUT2D eigenvalue weighted by Gasteiger charge is -2.14. The molecule has 0 saturated heterocycles. The fourth-order valence-electron chi connectivity index (χ4n) is 2.51. The van der Waals surface area contributed by atoms with Gasteiger partial charge in [-0.1, -0.05) is 18.2 Å². The van der Waals surface area contributed by atoms with Crippen LogP contribution in [0, 0.1) is 11.3 Å². The first kappa shape index (κ1) is 11.7. The summed E-state index contributed by atoms with van der Waals surface area (Å²) in [5, 5.41) is 13.9. The Morgan fingerprint density at radius 1 is 1.42 bits per heavy atom. The van der Waals surface area contributed by atoms with Gasteiger partial charge in [0.1, 0.15) is 6.04 Å². The summed E-state index contributed by atoms with van der Waals surface area (Å²) in [6.07, 6.45) is 6.43. The smallest absolute Gasteiger partial charge is 0.208 e. The summed E-state index contributed by atoms with van der Waals surface area (Å²) in [6.45, 7) is 0. The molecular weight excluding hydrogens is 238 g/mol. The third kappa shape index (κ3) is 2.04. The second-order valence-electron chi connectivity index (χ2n) is 4.79. The number of aromatic nitrogens is 1. The van der Waals surface area contributed by atoms with Crippen LogP contribution in [-0.4, -0.2) is 11.4 Å². The maximum atomic E-state index is 10.6. The standard InChI is InChI=1S/C15H13N3O/c16-6-14(18-9-19)13-8-17-7-11-2-1-3-12(15(11)13)10-4-5-10/h1-3,7-10,14H,4-5H2,(H,18,19). The number of amides is 1. The van der Waals surface area contributed by atoms with E-state index in [0.717, 1.165) is 16.3 Å². The molecule has 4 heteroatoms. The predicted octanol–water partition coefficient (Wildman–Crippen LogP) is 2.42. The number of nitrogens with zero attached hydrogens (tertiary/aromatic N) is 2. The number of fused-ring (bicyclic) bond motifs is 1. The molecule has 1 N–H and O–H groups in total. The SMILES string of the molecule is N#CC(NC=O)c1cncc2cccc(C3CC3)c12. The summed E-state index contributed by atoms with van der Waals surface area (Å²) in [4.78, 5) is 14.8. The second kappa shape index (κ2) is 4.69. The van der Waals surface area contributed by atoms with Crippen molar-refractivity contribution in [3.05, 3.63) is 41.7 Å². The minimum absolute atomic E-state index is 0.562. The van der Waals surface area contributed by atoms with Crippen LogP contribution in [0.15, 0.2) is 30.6 Å². The molecule has 94 valence electrons. The minimum Gasteiger partial charge on any atom is -0.339 e. The highest BCUT2D eigenvalue weighted by atomic mass is 16.1. The van der Waals surface area contributed by atoms with E-state index < -0.39 is 6.04 Å². The molecule has 1 aromatic heterocycles. The molecule has 2 aromatic rings. The number of nitriles is 1. The van der Waals surface area contributed by atoms with Crippen LogP contribution in [0.1, 0.15) is 35.9 Å². The van der Waals surface area contributed by atoms with E-state index in [2.05, 4.69) is 22.4 Å². The summed E-state index contributed by atoms with van der Waals surface area (Å²) >= 11 is 0. The normalized spacial score (nSPS) is 15.7. The zero-order valence-corrected chi connectivity index (χ0v) is 10.3. The van der Waals surface area contributed by atoms with Gasteiger partial charge in [-0.15, -0.1) is 0 Å². The van der Waals surface area contributed by atoms with Crippen molar-refractivity contribution in [2.75, 3.05) is 0 Å². The van der Waals surface area contributed by atoms with E-state index in [9.17, 15) is 10.1 Å². The molecule has 1 aromatic carbocycles. The van der Waals surface area contributed by atoms with Crippen molar-refractivity contribution in [3.63, 3.8) is 0 Å². The Morgan fingerprint density at radius 2 is 2.26 bits per heavy atom. The van der Waals surface area contributed by atoms with Crippen LogP contribution in [-0.2, 0) is 4.79 Å². The molecule has 19 heavy (non-hydrogen) atoms. The van der Waals surface area contributed by atoms with E-state index in [0.29, 0.717) is 12.3 Å². The molecule has 1 aliphatic rings. The van der Waals surface area contributed by atoms with Crippen molar-refractivity contribution < 1.29 is 4.79 Å². The van der Waals surface area contributed by atoms with Crippen molar-refractivity contribution in [2.24, 2.45) is 0 Å². The van der Waals surface area contributed by atoms with Gasteiger partial charge in [-0.05, 0) is 29.7 Å². The van der Waals surface area contributed by atoms with Gasteiger partial charge < -0.3 is 5.32 Å². The van der Waals surface area contributed by atoms with Crippen LogP contribution in [0.25, 0.3) is 10.8 Å². The Labute approximate surface area is 111 Å². The molecule has 0 bridgehead atoms. The average molecular weight is 251 g/mol. The van der Waals surface area contributed by atoms with Gasteiger partial charge in [-0.25, -0.2) is 0 Å². The predicted molar refractivity (Wildman–Crippen MR) is 71.3 cm³/mol. The number of carbonyl (C=O) groups is 1. The molecule has 3 rings (SSSR count). The molecule has 0 spiro atoms. The van der Waals surface area contributed by atoms with E-state index in [4.69, 9.17) is 0 Å². The van der Waals surface area contributed by atoms with E-state index >= 15 is 0 Å². The lowest BCUT2D eigenvalue weighted by atomic mass is 9.95. The zero-order valence-electron chi connectivity index (χ0n) is 10.3. The van der Waals surface area contributed by atoms with Crippen molar-refractivity contribution in [1.82, 2.24) is 10.3 Å². The zero-order chi connectivity index (χ0) is 13.2. The van der Waals surface area contributed by atoms with E-state index in [1.54, 1.807) is 12.4 Å². The fourth-order valence-corrected chi connectivity index (χ4v) is 2.51. The Hall–Kier alpha value is -2.41. The van der Waals surface area contributed by atoms with Gasteiger partial charge >= 0.3 is 0 Å². The summed E-state index contributed by atoms with van der Waals surface area (Å²) in [6, 6.07) is 7.60. The monoisotopic (exact) mass is 251 g/mol. The van der Waals surface area contributed by atoms with Gasteiger partial charge in [0.25, 0.3) is 0 Å². The largest absolute Gasteiger partial charge is 0.339 e. The maximum absolute atomic E-state index is 10.6. The second-order valence-corrected chi connectivity index (χ2v) is 4.79. The van der Waals surface area contributed by atoms with Crippen LogP contribution in [0.3, 0.4) is 0 Å². The van der Waals surface area contributed by atoms with Crippen molar-refractivity contribution >= 4 is 17.2 Å². The molecule has 1 saturated carbocycles. The molecular formula is C15H13N3O. The summed E-state index contributed by atoms with van der Waals surface area (Å²) in [7, 11) is 0. The Bertz CT molecular complexity index is 665. The summed E-state index contributed by atoms with van der Waals surface area (Å²) < 4.78 is 0. The molecule has 1 unspecified atom stereocenters. The lowest BCUT2D eigenvalue weighted by molar-refractivity contribution is -0.109. The molecule has 1 heterocycles. The Kier molecular flexibility index (Phi) is 2.88. The van der Waals surface area contributed by atoms with Crippen LogP contribution in [0.5, 0.6) is 0 Å². The molecule has 1 fully saturated rings. The first-order valence-corrected chi connectivity index (χ1v) is 6.31. The van der Waals surface area contributed by atoms with Crippen molar-refractivity contribution in [2.45, 2.75) is 24.8 Å².